The molecule has 4 rings (SSSR count). The van der Waals surface area contributed by atoms with Gasteiger partial charge in [-0.2, -0.15) is 0 Å². The molecule has 2 saturated heterocycles. The van der Waals surface area contributed by atoms with Gasteiger partial charge in [-0.15, -0.1) is 0 Å². The summed E-state index contributed by atoms with van der Waals surface area (Å²) in [6.45, 7) is 9.94. The van der Waals surface area contributed by atoms with Crippen molar-refractivity contribution in [1.29, 1.82) is 0 Å². The summed E-state index contributed by atoms with van der Waals surface area (Å²) in [6.07, 6.45) is 4.60. The number of piperazine rings is 1. The SMILES string of the molecule is O=C(CN1CCOCC1)c1ccc(OCCCN2CCN3CCC=C3C2)cc1. The molecule has 0 aromatic heterocycles. The summed E-state index contributed by atoms with van der Waals surface area (Å²) in [7, 11) is 0. The summed E-state index contributed by atoms with van der Waals surface area (Å²) in [5.41, 5.74) is 2.26. The first-order valence-corrected chi connectivity index (χ1v) is 10.5. The van der Waals surface area contributed by atoms with Crippen molar-refractivity contribution in [2.75, 3.05) is 72.2 Å². The number of Topliss-reactive ketones (excluding diaryl/α,β-unsaturated/α-hetero) is 1. The van der Waals surface area contributed by atoms with Gasteiger partial charge in [-0.05, 0) is 37.1 Å². The van der Waals surface area contributed by atoms with Crippen molar-refractivity contribution in [3.63, 3.8) is 0 Å². The van der Waals surface area contributed by atoms with Crippen LogP contribution in [-0.4, -0.2) is 92.7 Å². The molecule has 3 aliphatic rings. The number of benzene rings is 1. The van der Waals surface area contributed by atoms with Crippen LogP contribution in [0.4, 0.5) is 0 Å². The number of carbonyl (C=O) groups is 1. The van der Waals surface area contributed by atoms with Gasteiger partial charge in [0.05, 0.1) is 26.4 Å². The van der Waals surface area contributed by atoms with E-state index in [-0.39, 0.29) is 5.78 Å². The van der Waals surface area contributed by atoms with Crippen LogP contribution < -0.4 is 4.74 Å². The van der Waals surface area contributed by atoms with Crippen LogP contribution in [0.5, 0.6) is 5.75 Å². The van der Waals surface area contributed by atoms with Crippen LogP contribution in [0.15, 0.2) is 36.0 Å². The van der Waals surface area contributed by atoms with Gasteiger partial charge in [0.1, 0.15) is 5.75 Å². The van der Waals surface area contributed by atoms with Gasteiger partial charge in [0.15, 0.2) is 5.78 Å². The minimum Gasteiger partial charge on any atom is -0.494 e. The van der Waals surface area contributed by atoms with Crippen molar-refractivity contribution in [2.24, 2.45) is 0 Å². The summed E-state index contributed by atoms with van der Waals surface area (Å²) in [5, 5.41) is 0. The van der Waals surface area contributed by atoms with Crippen molar-refractivity contribution >= 4 is 5.78 Å². The molecular formula is C22H31N3O3. The van der Waals surface area contributed by atoms with E-state index >= 15 is 0 Å². The fraction of sp³-hybridized carbons (Fsp3) is 0.591. The normalized spacial score (nSPS) is 20.7. The molecule has 1 aromatic carbocycles. The summed E-state index contributed by atoms with van der Waals surface area (Å²) in [4.78, 5) is 19.6. The van der Waals surface area contributed by atoms with Crippen LogP contribution in [0.2, 0.25) is 0 Å². The van der Waals surface area contributed by atoms with Crippen LogP contribution in [0.3, 0.4) is 0 Å². The number of carbonyl (C=O) groups excluding carboxylic acids is 1. The second-order valence-corrected chi connectivity index (χ2v) is 7.79. The molecule has 0 bridgehead atoms. The maximum absolute atomic E-state index is 12.4. The Morgan fingerprint density at radius 1 is 1.00 bits per heavy atom. The van der Waals surface area contributed by atoms with Crippen LogP contribution >= 0.6 is 0 Å². The molecule has 0 N–H and O–H groups in total. The van der Waals surface area contributed by atoms with E-state index in [1.165, 1.54) is 18.7 Å². The number of hydrogen-bond acceptors (Lipinski definition) is 6. The number of ether oxygens (including phenoxy) is 2. The molecule has 0 unspecified atom stereocenters. The lowest BCUT2D eigenvalue weighted by Gasteiger charge is -2.35. The molecule has 0 radical (unpaired) electrons. The van der Waals surface area contributed by atoms with Crippen LogP contribution in [-0.2, 0) is 4.74 Å². The highest BCUT2D eigenvalue weighted by Gasteiger charge is 2.22. The van der Waals surface area contributed by atoms with Crippen molar-refractivity contribution < 1.29 is 14.3 Å². The molecule has 3 aliphatic heterocycles. The summed E-state index contributed by atoms with van der Waals surface area (Å²) in [5.74, 6) is 1.00. The van der Waals surface area contributed by atoms with Crippen LogP contribution in [0, 0.1) is 0 Å². The van der Waals surface area contributed by atoms with Gasteiger partial charge in [-0.3, -0.25) is 14.6 Å². The first-order chi connectivity index (χ1) is 13.8. The number of nitrogens with zero attached hydrogens (tertiary/aromatic N) is 3. The van der Waals surface area contributed by atoms with Gasteiger partial charge in [0.2, 0.25) is 0 Å². The van der Waals surface area contributed by atoms with Crippen LogP contribution in [0.25, 0.3) is 0 Å². The minimum atomic E-state index is 0.161. The topological polar surface area (TPSA) is 45.3 Å². The first kappa shape index (κ1) is 19.4. The highest BCUT2D eigenvalue weighted by Crippen LogP contribution is 2.20. The van der Waals surface area contributed by atoms with Crippen molar-refractivity contribution in [2.45, 2.75) is 12.8 Å². The number of fused-ring (bicyclic) bond motifs is 1. The van der Waals surface area contributed by atoms with E-state index in [1.807, 2.05) is 24.3 Å². The summed E-state index contributed by atoms with van der Waals surface area (Å²) < 4.78 is 11.2. The zero-order valence-corrected chi connectivity index (χ0v) is 16.6. The second-order valence-electron chi connectivity index (χ2n) is 7.79. The first-order valence-electron chi connectivity index (χ1n) is 10.5. The Bertz CT molecular complexity index is 683. The van der Waals surface area contributed by atoms with Crippen molar-refractivity contribution in [3.8, 4) is 5.75 Å². The molecule has 0 atom stereocenters. The van der Waals surface area contributed by atoms with Crippen molar-refractivity contribution in [3.05, 3.63) is 41.6 Å². The highest BCUT2D eigenvalue weighted by atomic mass is 16.5. The molecule has 6 nitrogen and oxygen atoms in total. The summed E-state index contributed by atoms with van der Waals surface area (Å²) in [6, 6.07) is 7.58. The molecule has 0 aliphatic carbocycles. The van der Waals surface area contributed by atoms with E-state index < -0.39 is 0 Å². The Labute approximate surface area is 167 Å². The molecule has 1 aromatic rings. The molecule has 6 heteroatoms. The Morgan fingerprint density at radius 3 is 2.64 bits per heavy atom. The van der Waals surface area contributed by atoms with Gasteiger partial charge < -0.3 is 14.4 Å². The monoisotopic (exact) mass is 385 g/mol. The van der Waals surface area contributed by atoms with Crippen molar-refractivity contribution in [1.82, 2.24) is 14.7 Å². The van der Waals surface area contributed by atoms with Gasteiger partial charge in [0.25, 0.3) is 0 Å². The van der Waals surface area contributed by atoms with E-state index in [0.717, 1.165) is 57.0 Å². The molecule has 28 heavy (non-hydrogen) atoms. The fourth-order valence-electron chi connectivity index (χ4n) is 4.11. The zero-order chi connectivity index (χ0) is 19.2. The molecule has 0 saturated carbocycles. The average Bonchev–Trinajstić information content (AvgIpc) is 3.20. The third-order valence-corrected chi connectivity index (χ3v) is 5.79. The quantitative estimate of drug-likeness (QED) is 0.503. The number of ketones is 1. The second kappa shape index (κ2) is 9.54. The van der Waals surface area contributed by atoms with Crippen LogP contribution in [0.1, 0.15) is 23.2 Å². The summed E-state index contributed by atoms with van der Waals surface area (Å²) >= 11 is 0. The molecule has 3 heterocycles. The predicted molar refractivity (Wildman–Crippen MR) is 109 cm³/mol. The maximum Gasteiger partial charge on any atom is 0.176 e. The molecule has 0 amide bonds. The average molecular weight is 386 g/mol. The lowest BCUT2D eigenvalue weighted by atomic mass is 10.1. The fourth-order valence-corrected chi connectivity index (χ4v) is 4.11. The highest BCUT2D eigenvalue weighted by molar-refractivity contribution is 5.97. The van der Waals surface area contributed by atoms with Gasteiger partial charge in [-0.25, -0.2) is 0 Å². The Morgan fingerprint density at radius 2 is 1.82 bits per heavy atom. The number of morpholine rings is 1. The molecule has 0 spiro atoms. The largest absolute Gasteiger partial charge is 0.494 e. The maximum atomic E-state index is 12.4. The lowest BCUT2D eigenvalue weighted by molar-refractivity contribution is 0.0371. The Hall–Kier alpha value is -1.89. The molecular weight excluding hydrogens is 354 g/mol. The predicted octanol–water partition coefficient (Wildman–Crippen LogP) is 1.88. The van der Waals surface area contributed by atoms with E-state index in [4.69, 9.17) is 9.47 Å². The van der Waals surface area contributed by atoms with Gasteiger partial charge in [-0.1, -0.05) is 6.08 Å². The molecule has 2 fully saturated rings. The Kier molecular flexibility index (Phi) is 6.62. The number of hydrogen-bond donors (Lipinski definition) is 0. The van der Waals surface area contributed by atoms with E-state index in [1.54, 1.807) is 0 Å². The smallest absolute Gasteiger partial charge is 0.176 e. The zero-order valence-electron chi connectivity index (χ0n) is 16.6. The van der Waals surface area contributed by atoms with E-state index in [2.05, 4.69) is 20.8 Å². The van der Waals surface area contributed by atoms with E-state index in [0.29, 0.717) is 26.4 Å². The standard InChI is InChI=1S/C22H31N3O3/c26-22(18-24-12-15-27-16-13-24)19-4-6-21(7-5-19)28-14-2-8-23-10-11-25-9-1-3-20(25)17-23/h3-7H,1-2,8-18H2. The number of rotatable bonds is 8. The third-order valence-electron chi connectivity index (χ3n) is 5.79. The molecule has 152 valence electrons. The minimum absolute atomic E-state index is 0.161. The van der Waals surface area contributed by atoms with E-state index in [9.17, 15) is 4.79 Å². The van der Waals surface area contributed by atoms with Gasteiger partial charge >= 0.3 is 0 Å². The third kappa shape index (κ3) is 5.13. The van der Waals surface area contributed by atoms with Gasteiger partial charge in [0, 0.05) is 57.1 Å². The lowest BCUT2D eigenvalue weighted by Crippen LogP contribution is -2.43. The Balaban J connectivity index is 1.16.